The molecule has 0 aliphatic carbocycles. The van der Waals surface area contributed by atoms with Gasteiger partial charge in [-0.15, -0.1) is 11.3 Å². The number of hydrogen-bond donors (Lipinski definition) is 0. The number of hydrogen-bond acceptors (Lipinski definition) is 5. The zero-order valence-electron chi connectivity index (χ0n) is 27.9. The lowest BCUT2D eigenvalue weighted by atomic mass is 10.1. The topological polar surface area (TPSA) is 61.9 Å². The number of benzene rings is 7. The molecular formula is C46H24N4O2S. The van der Waals surface area contributed by atoms with E-state index < -0.39 is 0 Å². The Labute approximate surface area is 303 Å². The van der Waals surface area contributed by atoms with Crippen molar-refractivity contribution in [2.75, 3.05) is 0 Å². The van der Waals surface area contributed by atoms with Crippen LogP contribution in [-0.4, -0.2) is 19.1 Å². The van der Waals surface area contributed by atoms with Crippen LogP contribution in [0.15, 0.2) is 155 Å². The maximum Gasteiger partial charge on any atom is 0.197 e. The summed E-state index contributed by atoms with van der Waals surface area (Å²) in [7, 11) is 0. The molecule has 7 aromatic carbocycles. The third kappa shape index (κ3) is 3.52. The number of para-hydroxylation sites is 3. The third-order valence-electron chi connectivity index (χ3n) is 11.0. The number of fused-ring (bicyclic) bond motifs is 17. The van der Waals surface area contributed by atoms with Crippen LogP contribution < -0.4 is 0 Å². The van der Waals surface area contributed by atoms with Crippen LogP contribution in [0.1, 0.15) is 0 Å². The molecule has 13 rings (SSSR count). The van der Waals surface area contributed by atoms with E-state index in [1.54, 1.807) is 6.33 Å². The Balaban J connectivity index is 1.07. The van der Waals surface area contributed by atoms with Crippen molar-refractivity contribution in [1.82, 2.24) is 19.1 Å². The summed E-state index contributed by atoms with van der Waals surface area (Å²) in [6, 6.07) is 49.4. The van der Waals surface area contributed by atoms with Gasteiger partial charge in [-0.3, -0.25) is 4.57 Å². The smallest absolute Gasteiger partial charge is 0.197 e. The Bertz CT molecular complexity index is 3710. The molecule has 0 aliphatic rings. The van der Waals surface area contributed by atoms with Crippen LogP contribution in [0.25, 0.3) is 119 Å². The molecule has 53 heavy (non-hydrogen) atoms. The number of thiophene rings is 1. The average Bonchev–Trinajstić information content (AvgIpc) is 4.01. The van der Waals surface area contributed by atoms with Gasteiger partial charge >= 0.3 is 0 Å². The first-order chi connectivity index (χ1) is 26.3. The SMILES string of the molecule is c1ccc2c(c1)oc1c2ccc2c1c1ccccc1n2-c1ncnc2c1oc1ccc(-n3c4ccccc4c4c5sc6ccccc6c5ccc43)cc12. The predicted molar refractivity (Wildman–Crippen MR) is 218 cm³/mol. The molecule has 6 aromatic heterocycles. The second kappa shape index (κ2) is 9.88. The zero-order valence-corrected chi connectivity index (χ0v) is 28.7. The van der Waals surface area contributed by atoms with E-state index in [4.69, 9.17) is 18.8 Å². The second-order valence-corrected chi connectivity index (χ2v) is 14.8. The van der Waals surface area contributed by atoms with E-state index in [9.17, 15) is 0 Å². The van der Waals surface area contributed by atoms with E-state index in [2.05, 4.69) is 137 Å². The highest BCUT2D eigenvalue weighted by Gasteiger charge is 2.23. The monoisotopic (exact) mass is 696 g/mol. The Morgan fingerprint density at radius 3 is 1.98 bits per heavy atom. The molecule has 0 N–H and O–H groups in total. The van der Waals surface area contributed by atoms with Gasteiger partial charge in [-0.1, -0.05) is 78.9 Å². The molecule has 0 fully saturated rings. The van der Waals surface area contributed by atoms with Crippen molar-refractivity contribution in [2.45, 2.75) is 0 Å². The van der Waals surface area contributed by atoms with Crippen molar-refractivity contribution in [3.8, 4) is 11.5 Å². The van der Waals surface area contributed by atoms with Crippen molar-refractivity contribution in [3.63, 3.8) is 0 Å². The van der Waals surface area contributed by atoms with E-state index in [-0.39, 0.29) is 0 Å². The zero-order chi connectivity index (χ0) is 34.4. The molecule has 0 saturated carbocycles. The summed E-state index contributed by atoms with van der Waals surface area (Å²) in [6.07, 6.45) is 1.65. The predicted octanol–water partition coefficient (Wildman–Crippen LogP) is 12.8. The van der Waals surface area contributed by atoms with Crippen molar-refractivity contribution >= 4 is 119 Å². The molecule has 6 heterocycles. The van der Waals surface area contributed by atoms with Crippen LogP contribution >= 0.6 is 11.3 Å². The average molecular weight is 697 g/mol. The first-order valence-corrected chi connectivity index (χ1v) is 18.5. The largest absolute Gasteiger partial charge is 0.455 e. The molecular weight excluding hydrogens is 673 g/mol. The van der Waals surface area contributed by atoms with E-state index in [1.165, 1.54) is 36.5 Å². The molecule has 0 amide bonds. The molecule has 0 saturated heterocycles. The first-order valence-electron chi connectivity index (χ1n) is 17.6. The van der Waals surface area contributed by atoms with Crippen LogP contribution in [-0.2, 0) is 0 Å². The molecule has 7 heteroatoms. The van der Waals surface area contributed by atoms with E-state index >= 15 is 0 Å². The summed E-state index contributed by atoms with van der Waals surface area (Å²) in [5.74, 6) is 0.693. The number of nitrogens with zero attached hydrogens (tertiary/aromatic N) is 4. The van der Waals surface area contributed by atoms with Crippen LogP contribution in [0, 0.1) is 0 Å². The molecule has 0 bridgehead atoms. The fourth-order valence-corrected chi connectivity index (χ4v) is 10.1. The van der Waals surface area contributed by atoms with Gasteiger partial charge in [-0.25, -0.2) is 9.97 Å². The molecule has 0 unspecified atom stereocenters. The van der Waals surface area contributed by atoms with Gasteiger partial charge < -0.3 is 13.4 Å². The number of furan rings is 2. The van der Waals surface area contributed by atoms with Gasteiger partial charge in [-0.2, -0.15) is 0 Å². The number of rotatable bonds is 2. The first kappa shape index (κ1) is 27.7. The number of aromatic nitrogens is 4. The molecule has 0 spiro atoms. The van der Waals surface area contributed by atoms with Gasteiger partial charge in [-0.05, 0) is 60.7 Å². The maximum absolute atomic E-state index is 6.70. The van der Waals surface area contributed by atoms with Gasteiger partial charge in [0, 0.05) is 58.2 Å². The quantitative estimate of drug-likeness (QED) is 0.180. The van der Waals surface area contributed by atoms with Gasteiger partial charge in [0.05, 0.1) is 27.5 Å². The van der Waals surface area contributed by atoms with Gasteiger partial charge in [0.1, 0.15) is 28.6 Å². The van der Waals surface area contributed by atoms with Crippen LogP contribution in [0.5, 0.6) is 0 Å². The lowest BCUT2D eigenvalue weighted by Gasteiger charge is -2.08. The summed E-state index contributed by atoms with van der Waals surface area (Å²) >= 11 is 1.87. The summed E-state index contributed by atoms with van der Waals surface area (Å²) < 4.78 is 20.4. The molecule has 0 atom stereocenters. The van der Waals surface area contributed by atoms with E-state index in [0.717, 1.165) is 71.4 Å². The van der Waals surface area contributed by atoms with Gasteiger partial charge in [0.2, 0.25) is 0 Å². The Morgan fingerprint density at radius 2 is 1.11 bits per heavy atom. The summed E-state index contributed by atoms with van der Waals surface area (Å²) in [5, 5.41) is 10.4. The Kier molecular flexibility index (Phi) is 5.17. The minimum atomic E-state index is 0.640. The molecule has 0 radical (unpaired) electrons. The van der Waals surface area contributed by atoms with Crippen molar-refractivity contribution in [3.05, 3.63) is 146 Å². The van der Waals surface area contributed by atoms with Crippen molar-refractivity contribution in [2.24, 2.45) is 0 Å². The minimum Gasteiger partial charge on any atom is -0.455 e. The second-order valence-electron chi connectivity index (χ2n) is 13.7. The highest BCUT2D eigenvalue weighted by molar-refractivity contribution is 7.26. The highest BCUT2D eigenvalue weighted by Crippen LogP contribution is 2.45. The van der Waals surface area contributed by atoms with Crippen LogP contribution in [0.3, 0.4) is 0 Å². The molecule has 6 nitrogen and oxygen atoms in total. The molecule has 246 valence electrons. The summed E-state index contributed by atoms with van der Waals surface area (Å²) in [6.45, 7) is 0. The van der Waals surface area contributed by atoms with Crippen LogP contribution in [0.4, 0.5) is 0 Å². The van der Waals surface area contributed by atoms with E-state index in [1.807, 2.05) is 23.5 Å². The lowest BCUT2D eigenvalue weighted by molar-refractivity contribution is 0.662. The maximum atomic E-state index is 6.70. The van der Waals surface area contributed by atoms with Gasteiger partial charge in [0.25, 0.3) is 0 Å². The molecule has 0 aliphatic heterocycles. The van der Waals surface area contributed by atoms with Crippen molar-refractivity contribution < 1.29 is 8.83 Å². The highest BCUT2D eigenvalue weighted by atomic mass is 32.1. The van der Waals surface area contributed by atoms with Gasteiger partial charge in [0.15, 0.2) is 11.4 Å². The summed E-state index contributed by atoms with van der Waals surface area (Å²) in [4.78, 5) is 9.74. The fourth-order valence-electron chi connectivity index (χ4n) is 8.83. The Morgan fingerprint density at radius 1 is 0.453 bits per heavy atom. The van der Waals surface area contributed by atoms with E-state index in [0.29, 0.717) is 11.4 Å². The Hall–Kier alpha value is -6.96. The van der Waals surface area contributed by atoms with Crippen LogP contribution in [0.2, 0.25) is 0 Å². The molecule has 13 aromatic rings. The normalized spacial score (nSPS) is 12.5. The standard InChI is InChI=1S/C46H24N4O2S/c1-6-14-34-30(11-1)40-35(20-18-28-26-9-3-7-15-37(26)51-43(28)40)50(34)46-44-42(47-24-48-46)32-23-25(17-22-38(32)52-44)49-33-13-5-2-12-31(33)41-36(49)21-19-29-27-10-4-8-16-39(27)53-45(29)41/h1-24H. The minimum absolute atomic E-state index is 0.640. The van der Waals surface area contributed by atoms with Crippen molar-refractivity contribution in [1.29, 1.82) is 0 Å². The lowest BCUT2D eigenvalue weighted by Crippen LogP contribution is -1.98. The summed E-state index contributed by atoms with van der Waals surface area (Å²) in [5.41, 5.74) is 9.34. The fraction of sp³-hybridized carbons (Fsp3) is 0. The third-order valence-corrected chi connectivity index (χ3v) is 12.2.